The first-order chi connectivity index (χ1) is 8.67. The third-order valence-corrected chi connectivity index (χ3v) is 3.85. The van der Waals surface area contributed by atoms with Crippen LogP contribution in [0.5, 0.6) is 0 Å². The maximum Gasteiger partial charge on any atom is 0.389 e. The number of benzene rings is 1. The molecule has 0 saturated heterocycles. The minimum atomic E-state index is -4.24. The molecule has 0 saturated carbocycles. The lowest BCUT2D eigenvalue weighted by Gasteiger charge is -2.23. The smallest absolute Gasteiger partial charge is 0.314 e. The lowest BCUT2D eigenvalue weighted by atomic mass is 9.79. The molecule has 5 heteroatoms. The van der Waals surface area contributed by atoms with Crippen LogP contribution < -0.4 is 4.90 Å². The topological polar surface area (TPSA) is 20.3 Å². The number of halogens is 3. The van der Waals surface area contributed by atoms with E-state index in [-0.39, 0.29) is 12.3 Å². The average Bonchev–Trinajstić information content (AvgIpc) is 2.50. The highest BCUT2D eigenvalue weighted by molar-refractivity contribution is 6.08. The van der Waals surface area contributed by atoms with E-state index in [9.17, 15) is 18.0 Å². The fraction of sp³-hybridized carbons (Fsp3) is 0.500. The first kappa shape index (κ1) is 13.9. The summed E-state index contributed by atoms with van der Waals surface area (Å²) in [5.74, 6) is -0.263. The zero-order valence-electron chi connectivity index (χ0n) is 11.1. The average molecular weight is 271 g/mol. The summed E-state index contributed by atoms with van der Waals surface area (Å²) in [5.41, 5.74) is 1.27. The Balaban J connectivity index is 2.43. The number of rotatable bonds is 2. The van der Waals surface area contributed by atoms with E-state index >= 15 is 0 Å². The van der Waals surface area contributed by atoms with Gasteiger partial charge in [0.05, 0.1) is 11.1 Å². The van der Waals surface area contributed by atoms with E-state index in [1.165, 1.54) is 4.90 Å². The second-order valence-electron chi connectivity index (χ2n) is 5.28. The molecule has 0 aromatic heterocycles. The van der Waals surface area contributed by atoms with Gasteiger partial charge in [-0.1, -0.05) is 18.2 Å². The second kappa shape index (κ2) is 4.25. The highest BCUT2D eigenvalue weighted by atomic mass is 19.4. The van der Waals surface area contributed by atoms with Crippen molar-refractivity contribution in [3.63, 3.8) is 0 Å². The molecular formula is C14H16F3NO. The third-order valence-electron chi connectivity index (χ3n) is 3.85. The van der Waals surface area contributed by atoms with Crippen molar-refractivity contribution in [2.45, 2.75) is 38.3 Å². The fourth-order valence-corrected chi connectivity index (χ4v) is 2.77. The SMILES string of the molecule is Cc1cccc2c1N(C)C(=O)C2(C)CCC(F)(F)F. The first-order valence-electron chi connectivity index (χ1n) is 6.12. The first-order valence-corrected chi connectivity index (χ1v) is 6.12. The number of likely N-dealkylation sites (N-methyl/N-ethyl adjacent to an activating group) is 1. The van der Waals surface area contributed by atoms with Crippen LogP contribution in [0.15, 0.2) is 18.2 Å². The Kier molecular flexibility index (Phi) is 3.11. The van der Waals surface area contributed by atoms with Crippen LogP contribution in [0.25, 0.3) is 0 Å². The Labute approximate surface area is 110 Å². The highest BCUT2D eigenvalue weighted by Gasteiger charge is 2.47. The van der Waals surface area contributed by atoms with E-state index in [1.54, 1.807) is 26.1 Å². The number of aryl methyl sites for hydroxylation is 1. The van der Waals surface area contributed by atoms with Gasteiger partial charge in [0.25, 0.3) is 0 Å². The Hall–Kier alpha value is -1.52. The second-order valence-corrected chi connectivity index (χ2v) is 5.28. The molecular weight excluding hydrogens is 255 g/mol. The Morgan fingerprint density at radius 2 is 1.95 bits per heavy atom. The molecule has 0 fully saturated rings. The Morgan fingerprint density at radius 1 is 1.32 bits per heavy atom. The Bertz CT molecular complexity index is 524. The number of para-hydroxylation sites is 1. The molecule has 0 N–H and O–H groups in total. The molecule has 104 valence electrons. The van der Waals surface area contributed by atoms with Crippen LogP contribution in [0.3, 0.4) is 0 Å². The predicted molar refractivity (Wildman–Crippen MR) is 67.2 cm³/mol. The van der Waals surface area contributed by atoms with Gasteiger partial charge in [-0.2, -0.15) is 13.2 Å². The van der Waals surface area contributed by atoms with Crippen LogP contribution in [0.4, 0.5) is 18.9 Å². The van der Waals surface area contributed by atoms with Crippen LogP contribution in [0.2, 0.25) is 0 Å². The maximum absolute atomic E-state index is 12.4. The predicted octanol–water partition coefficient (Wildman–Crippen LogP) is 3.57. The summed E-state index contributed by atoms with van der Waals surface area (Å²) in [6, 6.07) is 5.39. The van der Waals surface area contributed by atoms with E-state index in [2.05, 4.69) is 0 Å². The standard InChI is InChI=1S/C14H16F3NO/c1-9-5-4-6-10-11(9)18(3)12(19)13(10,2)7-8-14(15,16)17/h4-6H,7-8H2,1-3H3. The zero-order valence-corrected chi connectivity index (χ0v) is 11.1. The normalized spacial score (nSPS) is 22.8. The van der Waals surface area contributed by atoms with Crippen molar-refractivity contribution in [2.24, 2.45) is 0 Å². The third kappa shape index (κ3) is 2.22. The monoisotopic (exact) mass is 271 g/mol. The quantitative estimate of drug-likeness (QED) is 0.805. The van der Waals surface area contributed by atoms with Gasteiger partial charge in [-0.05, 0) is 31.4 Å². The maximum atomic E-state index is 12.4. The molecule has 0 radical (unpaired) electrons. The molecule has 1 aliphatic heterocycles. The number of fused-ring (bicyclic) bond motifs is 1. The van der Waals surface area contributed by atoms with E-state index < -0.39 is 18.0 Å². The number of anilines is 1. The fourth-order valence-electron chi connectivity index (χ4n) is 2.77. The van der Waals surface area contributed by atoms with E-state index in [0.29, 0.717) is 5.56 Å². The minimum absolute atomic E-state index is 0.212. The molecule has 1 atom stereocenters. The van der Waals surface area contributed by atoms with Crippen LogP contribution >= 0.6 is 0 Å². The summed E-state index contributed by atoms with van der Waals surface area (Å²) in [7, 11) is 1.62. The lowest BCUT2D eigenvalue weighted by molar-refractivity contribution is -0.141. The van der Waals surface area contributed by atoms with Crippen LogP contribution in [-0.4, -0.2) is 19.1 Å². The number of amides is 1. The van der Waals surface area contributed by atoms with Gasteiger partial charge in [0, 0.05) is 13.5 Å². The molecule has 1 aliphatic rings. The summed E-state index contributed by atoms with van der Waals surface area (Å²) in [6.45, 7) is 3.46. The molecule has 19 heavy (non-hydrogen) atoms. The van der Waals surface area contributed by atoms with Crippen LogP contribution in [0, 0.1) is 6.92 Å². The van der Waals surface area contributed by atoms with Gasteiger partial charge in [0.15, 0.2) is 0 Å². The molecule has 1 unspecified atom stereocenters. The molecule has 2 nitrogen and oxygen atoms in total. The van der Waals surface area contributed by atoms with Gasteiger partial charge >= 0.3 is 6.18 Å². The summed E-state index contributed by atoms with van der Waals surface area (Å²) in [4.78, 5) is 13.8. The van der Waals surface area contributed by atoms with Gasteiger partial charge in [0.1, 0.15) is 0 Å². The minimum Gasteiger partial charge on any atom is -0.314 e. The number of hydrogen-bond donors (Lipinski definition) is 0. The van der Waals surface area contributed by atoms with Crippen LogP contribution in [0.1, 0.15) is 30.9 Å². The molecule has 0 spiro atoms. The number of carbonyl (C=O) groups excluding carboxylic acids is 1. The van der Waals surface area contributed by atoms with E-state index in [1.807, 2.05) is 13.0 Å². The van der Waals surface area contributed by atoms with Gasteiger partial charge < -0.3 is 4.90 Å². The number of nitrogens with zero attached hydrogens (tertiary/aromatic N) is 1. The highest BCUT2D eigenvalue weighted by Crippen LogP contribution is 2.46. The van der Waals surface area contributed by atoms with E-state index in [4.69, 9.17) is 0 Å². The van der Waals surface area contributed by atoms with Gasteiger partial charge in [-0.15, -0.1) is 0 Å². The van der Waals surface area contributed by atoms with Crippen molar-refractivity contribution < 1.29 is 18.0 Å². The summed E-state index contributed by atoms with van der Waals surface area (Å²) < 4.78 is 37.3. The number of alkyl halides is 3. The van der Waals surface area contributed by atoms with Gasteiger partial charge in [0.2, 0.25) is 5.91 Å². The summed E-state index contributed by atoms with van der Waals surface area (Å²) in [5, 5.41) is 0. The van der Waals surface area contributed by atoms with Crippen molar-refractivity contribution in [2.75, 3.05) is 11.9 Å². The van der Waals surface area contributed by atoms with E-state index in [0.717, 1.165) is 11.3 Å². The lowest BCUT2D eigenvalue weighted by Crippen LogP contribution is -2.37. The van der Waals surface area contributed by atoms with Crippen molar-refractivity contribution in [3.05, 3.63) is 29.3 Å². The zero-order chi connectivity index (χ0) is 14.4. The van der Waals surface area contributed by atoms with Gasteiger partial charge in [-0.25, -0.2) is 0 Å². The number of carbonyl (C=O) groups is 1. The molecule has 0 aliphatic carbocycles. The summed E-state index contributed by atoms with van der Waals surface area (Å²) in [6.07, 6.45) is -5.40. The summed E-state index contributed by atoms with van der Waals surface area (Å²) >= 11 is 0. The molecule has 1 heterocycles. The molecule has 1 aromatic carbocycles. The van der Waals surface area contributed by atoms with Crippen molar-refractivity contribution in [1.82, 2.24) is 0 Å². The molecule has 0 bridgehead atoms. The Morgan fingerprint density at radius 3 is 2.53 bits per heavy atom. The van der Waals surface area contributed by atoms with Crippen LogP contribution in [-0.2, 0) is 10.2 Å². The molecule has 1 aromatic rings. The van der Waals surface area contributed by atoms with Gasteiger partial charge in [-0.3, -0.25) is 4.79 Å². The van der Waals surface area contributed by atoms with Crippen molar-refractivity contribution in [3.8, 4) is 0 Å². The number of hydrogen-bond acceptors (Lipinski definition) is 1. The molecule has 1 amide bonds. The van der Waals surface area contributed by atoms with Crippen molar-refractivity contribution >= 4 is 11.6 Å². The largest absolute Gasteiger partial charge is 0.389 e. The van der Waals surface area contributed by atoms with Crippen molar-refractivity contribution in [1.29, 1.82) is 0 Å². The molecule has 2 rings (SSSR count).